The monoisotopic (exact) mass is 353 g/mol. The normalized spacial score (nSPS) is 29.3. The first kappa shape index (κ1) is 17.5. The Kier molecular flexibility index (Phi) is 4.13. The molecule has 136 valence electrons. The summed E-state index contributed by atoms with van der Waals surface area (Å²) < 4.78 is 11.5. The third-order valence-electron chi connectivity index (χ3n) is 4.19. The number of carbonyl (C=O) groups excluding carboxylic acids is 1. The molecule has 0 spiro atoms. The molecule has 0 bridgehead atoms. The van der Waals surface area contributed by atoms with Crippen LogP contribution in [0.4, 0.5) is 5.82 Å². The molecule has 1 fully saturated rings. The van der Waals surface area contributed by atoms with Crippen LogP contribution >= 0.6 is 0 Å². The number of aliphatic hydroxyl groups excluding tert-OH is 3. The van der Waals surface area contributed by atoms with E-state index in [0.29, 0.717) is 5.82 Å². The number of hydrogen-bond donors (Lipinski definition) is 5. The number of methoxy groups -OCH3 is 1. The van der Waals surface area contributed by atoms with E-state index in [1.54, 1.807) is 6.92 Å². The van der Waals surface area contributed by atoms with Crippen LogP contribution in [0.25, 0.3) is 11.0 Å². The molecule has 0 saturated carbocycles. The highest BCUT2D eigenvalue weighted by Gasteiger charge is 2.53. The zero-order chi connectivity index (χ0) is 18.5. The van der Waals surface area contributed by atoms with Gasteiger partial charge in [0.25, 0.3) is 0 Å². The average molecular weight is 353 g/mol. The van der Waals surface area contributed by atoms with Crippen LogP contribution in [0.3, 0.4) is 0 Å². The minimum absolute atomic E-state index is 0.0517. The second-order valence-corrected chi connectivity index (χ2v) is 5.85. The fraction of sp³-hybridized carbons (Fsp3) is 0.500. The molecule has 7 N–H and O–H groups in total. The summed E-state index contributed by atoms with van der Waals surface area (Å²) in [6.07, 6.45) is -2.91. The van der Waals surface area contributed by atoms with Gasteiger partial charge in [-0.25, -0.2) is 14.8 Å². The van der Waals surface area contributed by atoms with E-state index < -0.39 is 36.7 Å². The van der Waals surface area contributed by atoms with Crippen LogP contribution in [-0.2, 0) is 9.47 Å². The van der Waals surface area contributed by atoms with E-state index in [4.69, 9.17) is 20.9 Å². The highest BCUT2D eigenvalue weighted by molar-refractivity contribution is 6.07. The van der Waals surface area contributed by atoms with E-state index in [0.717, 1.165) is 0 Å². The molecule has 0 aliphatic carbocycles. The number of aromatic nitrogens is 3. The summed E-state index contributed by atoms with van der Waals surface area (Å²) in [5.41, 5.74) is 10.1. The van der Waals surface area contributed by atoms with Crippen LogP contribution in [-0.4, -0.2) is 67.5 Å². The Morgan fingerprint density at radius 1 is 1.48 bits per heavy atom. The molecule has 1 aliphatic heterocycles. The van der Waals surface area contributed by atoms with Gasteiger partial charge in [0, 0.05) is 6.20 Å². The number of fused-ring (bicyclic) bond motifs is 1. The number of hydrogen-bond acceptors (Lipinski definition) is 10. The number of nitrogens with zero attached hydrogens (tertiary/aromatic N) is 3. The van der Waals surface area contributed by atoms with Crippen molar-refractivity contribution in [2.45, 2.75) is 31.1 Å². The third kappa shape index (κ3) is 2.53. The van der Waals surface area contributed by atoms with Crippen molar-refractivity contribution in [2.75, 3.05) is 19.5 Å². The summed E-state index contributed by atoms with van der Waals surface area (Å²) in [5, 5.41) is 30.0. The highest BCUT2D eigenvalue weighted by Crippen LogP contribution is 2.37. The first-order valence-electron chi connectivity index (χ1n) is 7.40. The molecule has 11 heteroatoms. The molecular formula is C14H19N5O6. The van der Waals surface area contributed by atoms with Crippen molar-refractivity contribution >= 4 is 22.8 Å². The van der Waals surface area contributed by atoms with E-state index in [-0.39, 0.29) is 22.4 Å². The van der Waals surface area contributed by atoms with Crippen LogP contribution < -0.4 is 11.5 Å². The number of anilines is 1. The number of esters is 1. The minimum Gasteiger partial charge on any atom is -0.465 e. The van der Waals surface area contributed by atoms with Crippen molar-refractivity contribution in [3.05, 3.63) is 17.6 Å². The van der Waals surface area contributed by atoms with Gasteiger partial charge in [-0.2, -0.15) is 0 Å². The molecule has 2 aromatic rings. The molecule has 0 aromatic carbocycles. The summed E-state index contributed by atoms with van der Waals surface area (Å²) >= 11 is 0. The Bertz CT molecular complexity index is 839. The van der Waals surface area contributed by atoms with E-state index in [1.165, 1.54) is 17.9 Å². The zero-order valence-electron chi connectivity index (χ0n) is 13.6. The minimum atomic E-state index is -1.86. The molecule has 0 unspecified atom stereocenters. The van der Waals surface area contributed by atoms with E-state index in [2.05, 4.69) is 9.97 Å². The van der Waals surface area contributed by atoms with Crippen molar-refractivity contribution in [1.82, 2.24) is 14.5 Å². The lowest BCUT2D eigenvalue weighted by Crippen LogP contribution is -2.54. The third-order valence-corrected chi connectivity index (χ3v) is 4.19. The Morgan fingerprint density at radius 3 is 2.72 bits per heavy atom. The molecule has 11 nitrogen and oxygen atoms in total. The summed E-state index contributed by atoms with van der Waals surface area (Å²) in [6, 6.07) is 0. The lowest BCUT2D eigenvalue weighted by atomic mass is 10.1. The van der Waals surface area contributed by atoms with Gasteiger partial charge in [0.2, 0.25) is 0 Å². The van der Waals surface area contributed by atoms with E-state index >= 15 is 0 Å². The highest BCUT2D eigenvalue weighted by atomic mass is 16.6. The SMILES string of the molecule is COC(=O)c1cn([C@@H]2O[C@](N)(CO)[C@@H](O)[C@H]2O)c2nc(C)nc(N)c12. The molecule has 0 radical (unpaired) electrons. The number of nitrogens with two attached hydrogens (primary N) is 2. The van der Waals surface area contributed by atoms with Crippen LogP contribution in [0.1, 0.15) is 22.4 Å². The summed E-state index contributed by atoms with van der Waals surface area (Å²) in [6.45, 7) is 0.883. The molecule has 1 aliphatic rings. The molecule has 1 saturated heterocycles. The fourth-order valence-corrected chi connectivity index (χ4v) is 2.91. The van der Waals surface area contributed by atoms with Crippen LogP contribution in [0.2, 0.25) is 0 Å². The molecule has 0 amide bonds. The van der Waals surface area contributed by atoms with Gasteiger partial charge in [0.05, 0.1) is 24.7 Å². The van der Waals surface area contributed by atoms with Gasteiger partial charge in [0.1, 0.15) is 29.5 Å². The molecular weight excluding hydrogens is 334 g/mol. The molecule has 2 aromatic heterocycles. The Morgan fingerprint density at radius 2 is 2.16 bits per heavy atom. The van der Waals surface area contributed by atoms with Gasteiger partial charge >= 0.3 is 5.97 Å². The van der Waals surface area contributed by atoms with Crippen molar-refractivity contribution in [1.29, 1.82) is 0 Å². The lowest BCUT2D eigenvalue weighted by Gasteiger charge is -2.24. The standard InChI is InChI=1S/C14H19N5O6/c1-5-17-10(15)7-6(13(23)24-2)3-19(11(7)18-5)12-8(21)9(22)14(16,4-20)25-12/h3,8-9,12,20-22H,4,16H2,1-2H3,(H2,15,17,18)/t8-,9+,12-,14-/m1/s1. The summed E-state index contributed by atoms with van der Waals surface area (Å²) in [7, 11) is 1.21. The van der Waals surface area contributed by atoms with Crippen LogP contribution in [0.5, 0.6) is 0 Å². The van der Waals surface area contributed by atoms with E-state index in [1.807, 2.05) is 0 Å². The largest absolute Gasteiger partial charge is 0.465 e. The Labute approximate surface area is 141 Å². The maximum Gasteiger partial charge on any atom is 0.340 e. The van der Waals surface area contributed by atoms with Crippen molar-refractivity contribution < 1.29 is 29.6 Å². The zero-order valence-corrected chi connectivity index (χ0v) is 13.6. The van der Waals surface area contributed by atoms with Crippen molar-refractivity contribution in [3.63, 3.8) is 0 Å². The quantitative estimate of drug-likeness (QED) is 0.388. The summed E-state index contributed by atoms with van der Waals surface area (Å²) in [4.78, 5) is 20.3. The number of ether oxygens (including phenoxy) is 2. The van der Waals surface area contributed by atoms with Crippen LogP contribution in [0, 0.1) is 6.92 Å². The molecule has 3 heterocycles. The van der Waals surface area contributed by atoms with Gasteiger partial charge in [0.15, 0.2) is 12.0 Å². The second-order valence-electron chi connectivity index (χ2n) is 5.85. The van der Waals surface area contributed by atoms with Gasteiger partial charge in [-0.3, -0.25) is 5.73 Å². The topological polar surface area (TPSA) is 179 Å². The molecule has 4 atom stereocenters. The van der Waals surface area contributed by atoms with Crippen LogP contribution in [0.15, 0.2) is 6.20 Å². The molecule has 25 heavy (non-hydrogen) atoms. The fourth-order valence-electron chi connectivity index (χ4n) is 2.91. The first-order chi connectivity index (χ1) is 11.7. The number of rotatable bonds is 3. The number of carbonyl (C=O) groups is 1. The van der Waals surface area contributed by atoms with Gasteiger partial charge < -0.3 is 35.1 Å². The number of aryl methyl sites for hydroxylation is 1. The van der Waals surface area contributed by atoms with Crippen molar-refractivity contribution in [3.8, 4) is 0 Å². The predicted octanol–water partition coefficient (Wildman–Crippen LogP) is -1.99. The van der Waals surface area contributed by atoms with E-state index in [9.17, 15) is 20.1 Å². The Balaban J connectivity index is 2.22. The maximum absolute atomic E-state index is 12.1. The number of nitrogen functional groups attached to an aromatic ring is 1. The van der Waals surface area contributed by atoms with Gasteiger partial charge in [-0.1, -0.05) is 0 Å². The lowest BCUT2D eigenvalue weighted by molar-refractivity contribution is -0.123. The molecule has 3 rings (SSSR count). The predicted molar refractivity (Wildman–Crippen MR) is 84.2 cm³/mol. The Hall–Kier alpha value is -2.31. The van der Waals surface area contributed by atoms with Gasteiger partial charge in [-0.05, 0) is 6.92 Å². The first-order valence-corrected chi connectivity index (χ1v) is 7.40. The van der Waals surface area contributed by atoms with Crippen molar-refractivity contribution in [2.24, 2.45) is 5.73 Å². The smallest absolute Gasteiger partial charge is 0.340 e. The second kappa shape index (κ2) is 5.89. The number of aliphatic hydroxyl groups is 3. The summed E-state index contributed by atoms with van der Waals surface area (Å²) in [5.74, 6) is -0.303. The average Bonchev–Trinajstić information content (AvgIpc) is 3.06. The van der Waals surface area contributed by atoms with Gasteiger partial charge in [-0.15, -0.1) is 0 Å². The maximum atomic E-state index is 12.1.